The lowest BCUT2D eigenvalue weighted by Gasteiger charge is -2.26. The molecule has 2 aliphatic heterocycles. The van der Waals surface area contributed by atoms with Crippen LogP contribution in [0, 0.1) is 13.8 Å². The van der Waals surface area contributed by atoms with Crippen LogP contribution in [0.5, 0.6) is 0 Å². The number of carbonyl (C=O) groups excluding carboxylic acids is 2. The largest absolute Gasteiger partial charge is 0.459 e. The summed E-state index contributed by atoms with van der Waals surface area (Å²) in [6, 6.07) is 12.3. The number of aryl methyl sites for hydroxylation is 2. The molecule has 1 fully saturated rings. The number of carbonyl (C=O) groups is 2. The standard InChI is InChI=1S/C30H33FO6/c1-18-16-19(2)25-22(17-18)12-9-13-24-27(37-30(4,5)36-24)26(23(31)15-14-20(3)34-29(25)33)35-28(32)21-10-7-6-8-11-21/h6-12,15-17,20,24,26-27H,13-14H2,1-5H3/b12-9+,23-15+/t20?,24-,26?,27?/m0/s1. The Bertz CT molecular complexity index is 1220. The fourth-order valence-corrected chi connectivity index (χ4v) is 4.76. The number of halogens is 1. The van der Waals surface area contributed by atoms with Gasteiger partial charge in [-0.1, -0.05) is 48.0 Å². The summed E-state index contributed by atoms with van der Waals surface area (Å²) in [6.07, 6.45) is 2.00. The number of cyclic esters (lactones) is 1. The third-order valence-corrected chi connectivity index (χ3v) is 6.37. The zero-order valence-electron chi connectivity index (χ0n) is 21.8. The van der Waals surface area contributed by atoms with Crippen LogP contribution in [0.2, 0.25) is 0 Å². The highest BCUT2D eigenvalue weighted by Crippen LogP contribution is 2.36. The molecule has 196 valence electrons. The Hall–Kier alpha value is -3.29. The van der Waals surface area contributed by atoms with E-state index in [9.17, 15) is 9.59 Å². The summed E-state index contributed by atoms with van der Waals surface area (Å²) in [5.41, 5.74) is 3.33. The maximum Gasteiger partial charge on any atom is 0.339 e. The van der Waals surface area contributed by atoms with Crippen LogP contribution in [0.15, 0.2) is 60.4 Å². The molecule has 4 atom stereocenters. The van der Waals surface area contributed by atoms with Gasteiger partial charge in [-0.2, -0.15) is 0 Å². The molecule has 0 N–H and O–H groups in total. The molecule has 0 amide bonds. The highest BCUT2D eigenvalue weighted by Gasteiger charge is 2.47. The minimum absolute atomic E-state index is 0.0919. The van der Waals surface area contributed by atoms with Crippen molar-refractivity contribution in [2.24, 2.45) is 0 Å². The van der Waals surface area contributed by atoms with E-state index in [0.29, 0.717) is 17.5 Å². The lowest BCUT2D eigenvalue weighted by atomic mass is 9.97. The van der Waals surface area contributed by atoms with E-state index in [-0.39, 0.29) is 6.42 Å². The molecule has 0 spiro atoms. The fraction of sp³-hybridized carbons (Fsp3) is 0.400. The Kier molecular flexibility index (Phi) is 7.95. The molecule has 37 heavy (non-hydrogen) atoms. The number of esters is 2. The molecule has 0 aromatic heterocycles. The second kappa shape index (κ2) is 11.0. The Morgan fingerprint density at radius 2 is 1.81 bits per heavy atom. The normalized spacial score (nSPS) is 28.1. The molecule has 4 rings (SSSR count). The van der Waals surface area contributed by atoms with Crippen molar-refractivity contribution < 1.29 is 32.9 Å². The Labute approximate surface area is 217 Å². The number of ether oxygens (including phenoxy) is 4. The SMILES string of the molecule is Cc1cc(C)c2c(c1)/C=C/C[C@@H]1OC(C)(C)OC1C(OC(=O)c1ccccc1)/C(F)=C\CC(C)OC2=O. The van der Waals surface area contributed by atoms with Crippen molar-refractivity contribution in [2.45, 2.75) is 77.7 Å². The molecule has 0 radical (unpaired) electrons. The van der Waals surface area contributed by atoms with Gasteiger partial charge < -0.3 is 18.9 Å². The van der Waals surface area contributed by atoms with Crippen LogP contribution < -0.4 is 0 Å². The van der Waals surface area contributed by atoms with Crippen molar-refractivity contribution in [3.8, 4) is 0 Å². The lowest BCUT2D eigenvalue weighted by molar-refractivity contribution is -0.154. The van der Waals surface area contributed by atoms with E-state index in [1.807, 2.05) is 38.1 Å². The van der Waals surface area contributed by atoms with Crippen molar-refractivity contribution in [3.05, 3.63) is 88.3 Å². The first kappa shape index (κ1) is 26.8. The van der Waals surface area contributed by atoms with Crippen LogP contribution in [0.3, 0.4) is 0 Å². The van der Waals surface area contributed by atoms with E-state index in [1.165, 1.54) is 6.08 Å². The number of rotatable bonds is 2. The second-order valence-electron chi connectivity index (χ2n) is 10.1. The first-order valence-corrected chi connectivity index (χ1v) is 12.5. The summed E-state index contributed by atoms with van der Waals surface area (Å²) in [6.45, 7) is 9.01. The molecule has 2 aliphatic rings. The van der Waals surface area contributed by atoms with Gasteiger partial charge in [-0.3, -0.25) is 0 Å². The first-order chi connectivity index (χ1) is 17.5. The summed E-state index contributed by atoms with van der Waals surface area (Å²) < 4.78 is 39.2. The topological polar surface area (TPSA) is 71.1 Å². The number of benzene rings is 2. The van der Waals surface area contributed by atoms with E-state index >= 15 is 4.39 Å². The molecule has 2 aromatic carbocycles. The van der Waals surface area contributed by atoms with Gasteiger partial charge >= 0.3 is 11.9 Å². The predicted octanol–water partition coefficient (Wildman–Crippen LogP) is 6.25. The van der Waals surface area contributed by atoms with Crippen molar-refractivity contribution in [1.29, 1.82) is 0 Å². The van der Waals surface area contributed by atoms with Crippen LogP contribution in [0.4, 0.5) is 4.39 Å². The molecular weight excluding hydrogens is 475 g/mol. The molecular formula is C30H33FO6. The van der Waals surface area contributed by atoms with Gasteiger partial charge in [-0.05, 0) is 70.4 Å². The summed E-state index contributed by atoms with van der Waals surface area (Å²) in [5.74, 6) is -2.83. The van der Waals surface area contributed by atoms with Crippen LogP contribution in [0.25, 0.3) is 6.08 Å². The number of fused-ring (bicyclic) bond motifs is 2. The highest BCUT2D eigenvalue weighted by atomic mass is 19.1. The molecule has 2 heterocycles. The smallest absolute Gasteiger partial charge is 0.339 e. The molecule has 0 saturated carbocycles. The fourth-order valence-electron chi connectivity index (χ4n) is 4.76. The molecule has 6 nitrogen and oxygen atoms in total. The average Bonchev–Trinajstić information content (AvgIpc) is 3.14. The summed E-state index contributed by atoms with van der Waals surface area (Å²) in [5, 5.41) is 0. The van der Waals surface area contributed by atoms with E-state index in [2.05, 4.69) is 0 Å². The monoisotopic (exact) mass is 508 g/mol. The maximum absolute atomic E-state index is 15.7. The molecule has 1 saturated heterocycles. The van der Waals surface area contributed by atoms with Gasteiger partial charge in [-0.25, -0.2) is 14.0 Å². The van der Waals surface area contributed by atoms with E-state index in [4.69, 9.17) is 18.9 Å². The van der Waals surface area contributed by atoms with Gasteiger partial charge in [0.15, 0.2) is 11.9 Å². The molecule has 0 aliphatic carbocycles. The third-order valence-electron chi connectivity index (χ3n) is 6.37. The average molecular weight is 509 g/mol. The van der Waals surface area contributed by atoms with Crippen molar-refractivity contribution >= 4 is 18.0 Å². The third kappa shape index (κ3) is 6.35. The predicted molar refractivity (Wildman–Crippen MR) is 138 cm³/mol. The molecule has 0 bridgehead atoms. The quantitative estimate of drug-likeness (QED) is 0.446. The van der Waals surface area contributed by atoms with Gasteiger partial charge in [0, 0.05) is 6.42 Å². The summed E-state index contributed by atoms with van der Waals surface area (Å²) >= 11 is 0. The minimum atomic E-state index is -1.34. The van der Waals surface area contributed by atoms with Crippen LogP contribution in [-0.2, 0) is 18.9 Å². The van der Waals surface area contributed by atoms with Crippen LogP contribution in [-0.4, -0.2) is 42.1 Å². The van der Waals surface area contributed by atoms with E-state index in [1.54, 1.807) is 51.1 Å². The molecule has 3 unspecified atom stereocenters. The Morgan fingerprint density at radius 1 is 1.08 bits per heavy atom. The van der Waals surface area contributed by atoms with Gasteiger partial charge in [-0.15, -0.1) is 0 Å². The van der Waals surface area contributed by atoms with Crippen LogP contribution >= 0.6 is 0 Å². The molecule has 2 aromatic rings. The summed E-state index contributed by atoms with van der Waals surface area (Å²) in [4.78, 5) is 25.9. The van der Waals surface area contributed by atoms with Gasteiger partial charge in [0.25, 0.3) is 0 Å². The Morgan fingerprint density at radius 3 is 2.54 bits per heavy atom. The first-order valence-electron chi connectivity index (χ1n) is 12.5. The Balaban J connectivity index is 1.73. The highest BCUT2D eigenvalue weighted by molar-refractivity contribution is 5.95. The molecule has 7 heteroatoms. The van der Waals surface area contributed by atoms with E-state index in [0.717, 1.165) is 16.7 Å². The maximum atomic E-state index is 15.7. The van der Waals surface area contributed by atoms with Gasteiger partial charge in [0.2, 0.25) is 0 Å². The van der Waals surface area contributed by atoms with Crippen LogP contribution in [0.1, 0.15) is 71.0 Å². The number of hydrogen-bond donors (Lipinski definition) is 0. The summed E-state index contributed by atoms with van der Waals surface area (Å²) in [7, 11) is 0. The minimum Gasteiger partial charge on any atom is -0.459 e. The van der Waals surface area contributed by atoms with Crippen molar-refractivity contribution in [1.82, 2.24) is 0 Å². The van der Waals surface area contributed by atoms with Gasteiger partial charge in [0.05, 0.1) is 17.2 Å². The van der Waals surface area contributed by atoms with Crippen molar-refractivity contribution in [3.63, 3.8) is 0 Å². The zero-order chi connectivity index (χ0) is 26.7. The van der Waals surface area contributed by atoms with Crippen molar-refractivity contribution in [2.75, 3.05) is 0 Å². The number of hydrogen-bond acceptors (Lipinski definition) is 6. The zero-order valence-corrected chi connectivity index (χ0v) is 21.8. The van der Waals surface area contributed by atoms with E-state index < -0.39 is 48.0 Å². The lowest BCUT2D eigenvalue weighted by Crippen LogP contribution is -2.39. The second-order valence-corrected chi connectivity index (χ2v) is 10.1. The van der Waals surface area contributed by atoms with Gasteiger partial charge in [0.1, 0.15) is 18.0 Å².